The summed E-state index contributed by atoms with van der Waals surface area (Å²) in [6.07, 6.45) is 0. The van der Waals surface area contributed by atoms with Gasteiger partial charge in [0.05, 0.1) is 0 Å². The summed E-state index contributed by atoms with van der Waals surface area (Å²) in [6, 6.07) is 23.8. The number of rotatable bonds is 5. The minimum Gasteiger partial charge on any atom is -0.373 e. The molecule has 2 atom stereocenters. The van der Waals surface area contributed by atoms with Crippen molar-refractivity contribution >= 4 is 17.2 Å². The second-order valence-electron chi connectivity index (χ2n) is 7.40. The molecule has 0 bridgehead atoms. The van der Waals surface area contributed by atoms with E-state index in [2.05, 4.69) is 5.32 Å². The number of hydrogen-bond acceptors (Lipinski definition) is 4. The van der Waals surface area contributed by atoms with E-state index in [9.17, 15) is 14.3 Å². The van der Waals surface area contributed by atoms with E-state index in [0.29, 0.717) is 16.8 Å². The molecule has 4 nitrogen and oxygen atoms in total. The molecule has 5 heteroatoms. The van der Waals surface area contributed by atoms with E-state index >= 15 is 0 Å². The second kappa shape index (κ2) is 7.76. The van der Waals surface area contributed by atoms with Crippen LogP contribution in [0.4, 0.5) is 15.8 Å². The van der Waals surface area contributed by atoms with Gasteiger partial charge in [0, 0.05) is 28.2 Å². The summed E-state index contributed by atoms with van der Waals surface area (Å²) in [6.45, 7) is 3.32. The number of allylic oxidation sites excluding steroid dienone is 1. The smallest absolute Gasteiger partial charge is 0.193 e. The molecule has 0 aromatic heterocycles. The Kier molecular flexibility index (Phi) is 5.14. The third-order valence-electron chi connectivity index (χ3n) is 5.50. The predicted molar refractivity (Wildman–Crippen MR) is 116 cm³/mol. The van der Waals surface area contributed by atoms with Gasteiger partial charge in [0.15, 0.2) is 11.5 Å². The molecule has 3 aromatic rings. The number of hydrogen-bond donors (Lipinski definition) is 2. The normalized spacial score (nSPS) is 21.1. The number of carbonyl (C=O) groups is 1. The molecule has 0 aliphatic carbocycles. The average Bonchev–Trinajstić information content (AvgIpc) is 2.97. The largest absolute Gasteiger partial charge is 0.373 e. The Morgan fingerprint density at radius 1 is 0.967 bits per heavy atom. The maximum atomic E-state index is 13.7. The molecule has 0 saturated carbocycles. The zero-order chi connectivity index (χ0) is 21.3. The van der Waals surface area contributed by atoms with Crippen molar-refractivity contribution in [2.24, 2.45) is 0 Å². The number of ketones is 1. The Hall–Kier alpha value is -3.44. The number of aliphatic hydroxyl groups is 1. The monoisotopic (exact) mass is 402 g/mol. The lowest BCUT2D eigenvalue weighted by Crippen LogP contribution is -2.52. The van der Waals surface area contributed by atoms with E-state index in [-0.39, 0.29) is 5.78 Å². The Bertz CT molecular complexity index is 1080. The van der Waals surface area contributed by atoms with Crippen LogP contribution in [0.5, 0.6) is 0 Å². The molecular formula is C25H23FN2O2. The summed E-state index contributed by atoms with van der Waals surface area (Å²) >= 11 is 0. The summed E-state index contributed by atoms with van der Waals surface area (Å²) in [7, 11) is 0. The van der Waals surface area contributed by atoms with Crippen LogP contribution in [0.1, 0.15) is 19.4 Å². The van der Waals surface area contributed by atoms with Crippen molar-refractivity contribution in [2.45, 2.75) is 25.6 Å². The van der Waals surface area contributed by atoms with Crippen molar-refractivity contribution in [3.8, 4) is 0 Å². The molecule has 4 rings (SSSR count). The van der Waals surface area contributed by atoms with Crippen LogP contribution in [0.25, 0.3) is 0 Å². The molecule has 152 valence electrons. The highest BCUT2D eigenvalue weighted by Crippen LogP contribution is 2.47. The molecule has 0 saturated heterocycles. The highest BCUT2D eigenvalue weighted by atomic mass is 19.1. The third-order valence-corrected chi connectivity index (χ3v) is 5.50. The first-order valence-electron chi connectivity index (χ1n) is 9.80. The fraction of sp³-hybridized carbons (Fsp3) is 0.160. The number of anilines is 2. The summed E-state index contributed by atoms with van der Waals surface area (Å²) in [5.74, 6) is -0.532. The van der Waals surface area contributed by atoms with Crippen LogP contribution in [0.15, 0.2) is 96.2 Å². The van der Waals surface area contributed by atoms with Crippen LogP contribution < -0.4 is 10.2 Å². The molecule has 3 aromatic carbocycles. The van der Waals surface area contributed by atoms with Gasteiger partial charge >= 0.3 is 0 Å². The fourth-order valence-electron chi connectivity index (χ4n) is 4.21. The molecule has 0 fully saturated rings. The first-order chi connectivity index (χ1) is 14.4. The van der Waals surface area contributed by atoms with Crippen LogP contribution in [0.2, 0.25) is 0 Å². The topological polar surface area (TPSA) is 52.6 Å². The van der Waals surface area contributed by atoms with E-state index in [4.69, 9.17) is 0 Å². The van der Waals surface area contributed by atoms with Gasteiger partial charge in [0.1, 0.15) is 11.9 Å². The highest BCUT2D eigenvalue weighted by molar-refractivity contribution is 5.98. The van der Waals surface area contributed by atoms with E-state index in [1.165, 1.54) is 19.1 Å². The minimum absolute atomic E-state index is 0.139. The van der Waals surface area contributed by atoms with E-state index in [1.807, 2.05) is 67.6 Å². The number of nitrogens with zero attached hydrogens (tertiary/aromatic N) is 1. The van der Waals surface area contributed by atoms with E-state index in [0.717, 1.165) is 11.4 Å². The van der Waals surface area contributed by atoms with Crippen LogP contribution in [-0.2, 0) is 10.5 Å². The van der Waals surface area contributed by atoms with Gasteiger partial charge in [-0.15, -0.1) is 0 Å². The van der Waals surface area contributed by atoms with Crippen molar-refractivity contribution in [3.05, 3.63) is 108 Å². The molecule has 0 amide bonds. The zero-order valence-electron chi connectivity index (χ0n) is 16.8. The molecule has 0 spiro atoms. The standard InChI is InChI=1S/C25H23FN2O2/c1-17-23(18(2)29)24(27-21-9-5-3-6-10-21)25(30,19-13-15-20(26)16-14-19)28(17)22-11-7-4-8-12-22/h3-16,24,27,30H,1-2H3. The first kappa shape index (κ1) is 19.9. The van der Waals surface area contributed by atoms with Gasteiger partial charge in [0.2, 0.25) is 0 Å². The Labute approximate surface area is 175 Å². The van der Waals surface area contributed by atoms with Crippen molar-refractivity contribution in [1.82, 2.24) is 0 Å². The van der Waals surface area contributed by atoms with Gasteiger partial charge in [-0.25, -0.2) is 4.39 Å². The molecule has 1 aliphatic rings. The maximum absolute atomic E-state index is 13.7. The molecule has 30 heavy (non-hydrogen) atoms. The number of para-hydroxylation sites is 2. The number of halogens is 1. The lowest BCUT2D eigenvalue weighted by Gasteiger charge is -2.41. The summed E-state index contributed by atoms with van der Waals surface area (Å²) < 4.78 is 13.7. The Morgan fingerprint density at radius 3 is 2.10 bits per heavy atom. The van der Waals surface area contributed by atoms with E-state index in [1.54, 1.807) is 17.0 Å². The molecule has 0 radical (unpaired) electrons. The van der Waals surface area contributed by atoms with Crippen LogP contribution in [0, 0.1) is 5.82 Å². The predicted octanol–water partition coefficient (Wildman–Crippen LogP) is 4.83. The lowest BCUT2D eigenvalue weighted by atomic mass is 9.90. The number of benzene rings is 3. The van der Waals surface area contributed by atoms with Crippen LogP contribution >= 0.6 is 0 Å². The lowest BCUT2D eigenvalue weighted by molar-refractivity contribution is -0.114. The van der Waals surface area contributed by atoms with Crippen molar-refractivity contribution in [1.29, 1.82) is 0 Å². The molecular weight excluding hydrogens is 379 g/mol. The molecule has 1 aliphatic heterocycles. The van der Waals surface area contributed by atoms with E-state index < -0.39 is 17.6 Å². The maximum Gasteiger partial charge on any atom is 0.193 e. The number of nitrogens with one attached hydrogen (secondary N) is 1. The van der Waals surface area contributed by atoms with Crippen LogP contribution in [-0.4, -0.2) is 16.9 Å². The van der Waals surface area contributed by atoms with Crippen LogP contribution in [0.3, 0.4) is 0 Å². The molecule has 2 unspecified atom stereocenters. The average molecular weight is 402 g/mol. The van der Waals surface area contributed by atoms with Crippen molar-refractivity contribution in [3.63, 3.8) is 0 Å². The zero-order valence-corrected chi connectivity index (χ0v) is 16.8. The second-order valence-corrected chi connectivity index (χ2v) is 7.40. The van der Waals surface area contributed by atoms with Gasteiger partial charge in [-0.1, -0.05) is 48.5 Å². The molecule has 1 heterocycles. The highest BCUT2D eigenvalue weighted by Gasteiger charge is 2.54. The van der Waals surface area contributed by atoms with Gasteiger partial charge in [0.25, 0.3) is 0 Å². The van der Waals surface area contributed by atoms with Gasteiger partial charge in [-0.2, -0.15) is 0 Å². The van der Waals surface area contributed by atoms with Gasteiger partial charge in [-0.3, -0.25) is 4.79 Å². The quantitative estimate of drug-likeness (QED) is 0.642. The fourth-order valence-corrected chi connectivity index (χ4v) is 4.21. The minimum atomic E-state index is -1.64. The van der Waals surface area contributed by atoms with Crippen molar-refractivity contribution in [2.75, 3.05) is 10.2 Å². The Morgan fingerprint density at radius 2 is 1.53 bits per heavy atom. The van der Waals surface area contributed by atoms with Crippen molar-refractivity contribution < 1.29 is 14.3 Å². The summed E-state index contributed by atoms with van der Waals surface area (Å²) in [5.41, 5.74) is 1.47. The molecule has 2 N–H and O–H groups in total. The third kappa shape index (κ3) is 3.27. The first-order valence-corrected chi connectivity index (χ1v) is 9.80. The number of carbonyl (C=O) groups excluding carboxylic acids is 1. The number of Topliss-reactive ketones (excluding diaryl/α,β-unsaturated/α-hetero) is 1. The summed E-state index contributed by atoms with van der Waals surface area (Å²) in [5, 5.41) is 15.6. The van der Waals surface area contributed by atoms with Gasteiger partial charge in [-0.05, 0) is 50.2 Å². The van der Waals surface area contributed by atoms with Gasteiger partial charge < -0.3 is 15.3 Å². The Balaban J connectivity index is 1.94. The summed E-state index contributed by atoms with van der Waals surface area (Å²) in [4.78, 5) is 14.5. The SMILES string of the molecule is CC(=O)C1=C(C)N(c2ccccc2)C(O)(c2ccc(F)cc2)C1Nc1ccccc1.